The third-order valence-electron chi connectivity index (χ3n) is 4.45. The summed E-state index contributed by atoms with van der Waals surface area (Å²) in [6, 6.07) is 4.85. The second-order valence-electron chi connectivity index (χ2n) is 6.10. The molecule has 2 atom stereocenters. The predicted molar refractivity (Wildman–Crippen MR) is 85.0 cm³/mol. The van der Waals surface area contributed by atoms with E-state index in [0.717, 1.165) is 30.3 Å². The fourth-order valence-corrected chi connectivity index (χ4v) is 3.18. The lowest BCUT2D eigenvalue weighted by atomic mass is 9.93. The fraction of sp³-hybridized carbons (Fsp3) is 0.438. The Bertz CT molecular complexity index is 749. The molecule has 0 bridgehead atoms. The van der Waals surface area contributed by atoms with Gasteiger partial charge < -0.3 is 5.11 Å². The number of aromatic nitrogens is 2. The SMILES string of the molecule is C[C@@H]1c2cc(F)ccc2CCN1C[C@H](O)Cn1cc([N+](=O)[O-])cn1. The van der Waals surface area contributed by atoms with Gasteiger partial charge in [0.15, 0.2) is 0 Å². The topological polar surface area (TPSA) is 84.4 Å². The second-order valence-corrected chi connectivity index (χ2v) is 6.10. The van der Waals surface area contributed by atoms with Gasteiger partial charge in [0.2, 0.25) is 0 Å². The third-order valence-corrected chi connectivity index (χ3v) is 4.45. The van der Waals surface area contributed by atoms with Gasteiger partial charge in [-0.2, -0.15) is 5.10 Å². The molecule has 0 spiro atoms. The van der Waals surface area contributed by atoms with Crippen molar-refractivity contribution in [2.45, 2.75) is 32.0 Å². The van der Waals surface area contributed by atoms with E-state index in [4.69, 9.17) is 0 Å². The van der Waals surface area contributed by atoms with Gasteiger partial charge in [0.1, 0.15) is 18.2 Å². The summed E-state index contributed by atoms with van der Waals surface area (Å²) in [6.07, 6.45) is 2.55. The van der Waals surface area contributed by atoms with Crippen LogP contribution < -0.4 is 0 Å². The van der Waals surface area contributed by atoms with E-state index < -0.39 is 11.0 Å². The number of hydrogen-bond acceptors (Lipinski definition) is 5. The number of nitrogens with zero attached hydrogens (tertiary/aromatic N) is 4. The fourth-order valence-electron chi connectivity index (χ4n) is 3.18. The van der Waals surface area contributed by atoms with E-state index in [1.807, 2.05) is 13.0 Å². The molecule has 7 nitrogen and oxygen atoms in total. The molecule has 1 aromatic carbocycles. The summed E-state index contributed by atoms with van der Waals surface area (Å²) in [6.45, 7) is 3.33. The monoisotopic (exact) mass is 334 g/mol. The first-order valence-corrected chi connectivity index (χ1v) is 7.81. The standard InChI is InChI=1S/C16H19FN4O3/c1-11-16-6-13(17)3-2-12(16)4-5-19(11)9-15(22)10-20-8-14(7-18-20)21(23)24/h2-3,6-8,11,15,22H,4-5,9-10H2,1H3/t11-,15+/m1/s1. The van der Waals surface area contributed by atoms with Crippen LogP contribution in [0.5, 0.6) is 0 Å². The quantitative estimate of drug-likeness (QED) is 0.667. The van der Waals surface area contributed by atoms with Crippen LogP contribution in [0.15, 0.2) is 30.6 Å². The largest absolute Gasteiger partial charge is 0.390 e. The van der Waals surface area contributed by atoms with Crippen LogP contribution in [0.3, 0.4) is 0 Å². The van der Waals surface area contributed by atoms with Crippen molar-refractivity contribution < 1.29 is 14.4 Å². The number of nitro groups is 1. The van der Waals surface area contributed by atoms with Crippen LogP contribution in [0.25, 0.3) is 0 Å². The first-order valence-electron chi connectivity index (χ1n) is 7.81. The summed E-state index contributed by atoms with van der Waals surface area (Å²) >= 11 is 0. The summed E-state index contributed by atoms with van der Waals surface area (Å²) in [4.78, 5) is 12.2. The molecule has 2 aromatic rings. The van der Waals surface area contributed by atoms with Crippen LogP contribution in [0.4, 0.5) is 10.1 Å². The Labute approximate surface area is 138 Å². The molecule has 0 saturated carbocycles. The lowest BCUT2D eigenvalue weighted by Crippen LogP contribution is -2.40. The van der Waals surface area contributed by atoms with Crippen molar-refractivity contribution in [1.82, 2.24) is 14.7 Å². The number of fused-ring (bicyclic) bond motifs is 1. The van der Waals surface area contributed by atoms with Crippen LogP contribution in [0.2, 0.25) is 0 Å². The van der Waals surface area contributed by atoms with Gasteiger partial charge >= 0.3 is 5.69 Å². The lowest BCUT2D eigenvalue weighted by molar-refractivity contribution is -0.385. The van der Waals surface area contributed by atoms with E-state index in [2.05, 4.69) is 10.00 Å². The maximum Gasteiger partial charge on any atom is 0.306 e. The molecule has 0 saturated heterocycles. The highest BCUT2D eigenvalue weighted by molar-refractivity contribution is 5.32. The molecule has 1 aliphatic heterocycles. The molecule has 1 N–H and O–H groups in total. The number of β-amino-alcohol motifs (C(OH)–C–C–N with tert-alkyl or cyclic N) is 1. The number of benzene rings is 1. The maximum atomic E-state index is 13.5. The van der Waals surface area contributed by atoms with Crippen molar-refractivity contribution in [3.63, 3.8) is 0 Å². The first kappa shape index (κ1) is 16.5. The van der Waals surface area contributed by atoms with Crippen molar-refractivity contribution >= 4 is 5.69 Å². The van der Waals surface area contributed by atoms with E-state index in [9.17, 15) is 19.6 Å². The van der Waals surface area contributed by atoms with Crippen LogP contribution >= 0.6 is 0 Å². The van der Waals surface area contributed by atoms with Gasteiger partial charge in [0, 0.05) is 19.1 Å². The minimum Gasteiger partial charge on any atom is -0.390 e. The zero-order valence-electron chi connectivity index (χ0n) is 13.3. The summed E-state index contributed by atoms with van der Waals surface area (Å²) in [7, 11) is 0. The number of aliphatic hydroxyl groups excluding tert-OH is 1. The minimum absolute atomic E-state index is 0.00561. The average molecular weight is 334 g/mol. The number of aliphatic hydroxyl groups is 1. The van der Waals surface area contributed by atoms with Crippen molar-refractivity contribution in [3.05, 3.63) is 57.7 Å². The van der Waals surface area contributed by atoms with Gasteiger partial charge in [0.25, 0.3) is 0 Å². The molecular formula is C16H19FN4O3. The minimum atomic E-state index is -0.720. The van der Waals surface area contributed by atoms with E-state index in [1.165, 1.54) is 16.9 Å². The summed E-state index contributed by atoms with van der Waals surface area (Å²) in [5, 5.41) is 24.8. The number of rotatable bonds is 5. The van der Waals surface area contributed by atoms with E-state index in [1.54, 1.807) is 6.07 Å². The van der Waals surface area contributed by atoms with Crippen molar-refractivity contribution in [2.24, 2.45) is 0 Å². The zero-order valence-corrected chi connectivity index (χ0v) is 13.3. The summed E-state index contributed by atoms with van der Waals surface area (Å²) < 4.78 is 14.8. The van der Waals surface area contributed by atoms with Crippen molar-refractivity contribution in [2.75, 3.05) is 13.1 Å². The Hall–Kier alpha value is -2.32. The highest BCUT2D eigenvalue weighted by Gasteiger charge is 2.26. The lowest BCUT2D eigenvalue weighted by Gasteiger charge is -2.36. The van der Waals surface area contributed by atoms with Gasteiger partial charge in [-0.15, -0.1) is 0 Å². The van der Waals surface area contributed by atoms with Gasteiger partial charge in [-0.1, -0.05) is 6.07 Å². The first-order chi connectivity index (χ1) is 11.4. The van der Waals surface area contributed by atoms with Gasteiger partial charge in [-0.3, -0.25) is 19.7 Å². The molecule has 0 amide bonds. The van der Waals surface area contributed by atoms with Crippen LogP contribution in [0, 0.1) is 15.9 Å². The van der Waals surface area contributed by atoms with Crippen molar-refractivity contribution in [1.29, 1.82) is 0 Å². The van der Waals surface area contributed by atoms with Crippen molar-refractivity contribution in [3.8, 4) is 0 Å². The molecule has 0 aliphatic carbocycles. The van der Waals surface area contributed by atoms with E-state index in [-0.39, 0.29) is 24.1 Å². The Kier molecular flexibility index (Phi) is 4.59. The maximum absolute atomic E-state index is 13.5. The molecule has 2 heterocycles. The molecule has 0 unspecified atom stereocenters. The average Bonchev–Trinajstić information content (AvgIpc) is 2.99. The Morgan fingerprint density at radius 3 is 3.00 bits per heavy atom. The number of halogens is 1. The Balaban J connectivity index is 1.64. The third kappa shape index (κ3) is 3.44. The van der Waals surface area contributed by atoms with Gasteiger partial charge in [-0.25, -0.2) is 4.39 Å². The molecule has 3 rings (SSSR count). The zero-order chi connectivity index (χ0) is 17.3. The second kappa shape index (κ2) is 6.66. The predicted octanol–water partition coefficient (Wildman–Crippen LogP) is 1.91. The molecule has 1 aliphatic rings. The Morgan fingerprint density at radius 2 is 2.29 bits per heavy atom. The smallest absolute Gasteiger partial charge is 0.306 e. The molecule has 0 radical (unpaired) electrons. The van der Waals surface area contributed by atoms with E-state index >= 15 is 0 Å². The molecule has 128 valence electrons. The summed E-state index contributed by atoms with van der Waals surface area (Å²) in [5.74, 6) is -0.258. The van der Waals surface area contributed by atoms with Gasteiger partial charge in [0.05, 0.1) is 17.6 Å². The Morgan fingerprint density at radius 1 is 1.50 bits per heavy atom. The highest BCUT2D eigenvalue weighted by Crippen LogP contribution is 2.30. The van der Waals surface area contributed by atoms with Crippen LogP contribution in [-0.4, -0.2) is 43.9 Å². The normalized spacial score (nSPS) is 19.0. The number of hydrogen-bond donors (Lipinski definition) is 1. The van der Waals surface area contributed by atoms with E-state index in [0.29, 0.717) is 6.54 Å². The molecule has 8 heteroatoms. The molecule has 24 heavy (non-hydrogen) atoms. The molecule has 0 fully saturated rings. The van der Waals surface area contributed by atoms with Gasteiger partial charge in [-0.05, 0) is 36.6 Å². The van der Waals surface area contributed by atoms with Crippen LogP contribution in [0.1, 0.15) is 24.1 Å². The highest BCUT2D eigenvalue weighted by atomic mass is 19.1. The molecular weight excluding hydrogens is 315 g/mol. The summed E-state index contributed by atoms with van der Waals surface area (Å²) in [5.41, 5.74) is 1.98. The van der Waals surface area contributed by atoms with Crippen LogP contribution in [-0.2, 0) is 13.0 Å². The molecule has 1 aromatic heterocycles.